The number of rotatable bonds is 5. The number of carbonyl (C=O) groups excluding carboxylic acids is 1. The molecule has 6 heteroatoms. The van der Waals surface area contributed by atoms with Gasteiger partial charge in [-0.05, 0) is 75.4 Å². The molecular weight excluding hydrogens is 338 g/mol. The van der Waals surface area contributed by atoms with E-state index < -0.39 is 0 Å². The van der Waals surface area contributed by atoms with Crippen LogP contribution < -0.4 is 5.32 Å². The van der Waals surface area contributed by atoms with E-state index in [0.29, 0.717) is 12.1 Å². The predicted molar refractivity (Wildman–Crippen MR) is 104 cm³/mol. The van der Waals surface area contributed by atoms with Gasteiger partial charge in [0.15, 0.2) is 0 Å². The van der Waals surface area contributed by atoms with Crippen molar-refractivity contribution in [2.24, 2.45) is 0 Å². The first-order valence-corrected chi connectivity index (χ1v) is 9.59. The Hall–Kier alpha value is -2.89. The van der Waals surface area contributed by atoms with E-state index in [1.165, 1.54) is 24.1 Å². The second-order valence-electron chi connectivity index (χ2n) is 7.23. The Morgan fingerprint density at radius 2 is 1.96 bits per heavy atom. The number of fused-ring (bicyclic) bond motifs is 1. The van der Waals surface area contributed by atoms with Crippen LogP contribution in [-0.2, 0) is 19.3 Å². The van der Waals surface area contributed by atoms with E-state index in [0.717, 1.165) is 42.0 Å². The van der Waals surface area contributed by atoms with Crippen LogP contribution in [0, 0.1) is 13.8 Å². The fraction of sp³-hybridized carbons (Fsp3) is 0.381. The predicted octanol–water partition coefficient (Wildman–Crippen LogP) is 3.06. The number of carbonyl (C=O) groups is 1. The monoisotopic (exact) mass is 363 g/mol. The zero-order valence-corrected chi connectivity index (χ0v) is 15.9. The lowest BCUT2D eigenvalue weighted by Crippen LogP contribution is -2.26. The summed E-state index contributed by atoms with van der Waals surface area (Å²) >= 11 is 0. The van der Waals surface area contributed by atoms with Crippen molar-refractivity contribution in [2.75, 3.05) is 6.54 Å². The molecular formula is C21H25N5O. The van der Waals surface area contributed by atoms with Gasteiger partial charge in [-0.3, -0.25) is 9.89 Å². The molecule has 2 heterocycles. The number of nitrogens with one attached hydrogen (secondary N) is 2. The number of aromatic nitrogens is 4. The van der Waals surface area contributed by atoms with E-state index in [2.05, 4.69) is 20.6 Å². The maximum absolute atomic E-state index is 12.4. The lowest BCUT2D eigenvalue weighted by molar-refractivity contribution is 0.0954. The van der Waals surface area contributed by atoms with Crippen molar-refractivity contribution >= 4 is 5.91 Å². The molecule has 0 fully saturated rings. The van der Waals surface area contributed by atoms with Crippen molar-refractivity contribution in [2.45, 2.75) is 46.0 Å². The minimum atomic E-state index is -0.0562. The highest BCUT2D eigenvalue weighted by molar-refractivity contribution is 5.94. The van der Waals surface area contributed by atoms with Crippen molar-refractivity contribution in [3.8, 4) is 5.69 Å². The molecule has 1 aromatic carbocycles. The Morgan fingerprint density at radius 3 is 2.70 bits per heavy atom. The average molecular weight is 363 g/mol. The Balaban J connectivity index is 1.36. The van der Waals surface area contributed by atoms with E-state index in [4.69, 9.17) is 0 Å². The molecule has 3 aromatic rings. The average Bonchev–Trinajstić information content (AvgIpc) is 3.24. The van der Waals surface area contributed by atoms with E-state index in [-0.39, 0.29) is 5.91 Å². The summed E-state index contributed by atoms with van der Waals surface area (Å²) in [6.45, 7) is 4.59. The lowest BCUT2D eigenvalue weighted by atomic mass is 9.95. The molecule has 0 saturated heterocycles. The van der Waals surface area contributed by atoms with Crippen LogP contribution in [-0.4, -0.2) is 32.4 Å². The van der Waals surface area contributed by atoms with Crippen LogP contribution in [0.5, 0.6) is 0 Å². The van der Waals surface area contributed by atoms with Crippen molar-refractivity contribution in [1.82, 2.24) is 25.3 Å². The fourth-order valence-electron chi connectivity index (χ4n) is 3.80. The van der Waals surface area contributed by atoms with Gasteiger partial charge in [-0.15, -0.1) is 0 Å². The van der Waals surface area contributed by atoms with Crippen molar-refractivity contribution in [3.05, 3.63) is 64.2 Å². The molecule has 6 nitrogen and oxygen atoms in total. The van der Waals surface area contributed by atoms with Crippen molar-refractivity contribution in [3.63, 3.8) is 0 Å². The van der Waals surface area contributed by atoms with Crippen LogP contribution in [0.25, 0.3) is 5.69 Å². The summed E-state index contributed by atoms with van der Waals surface area (Å²) in [6, 6.07) is 9.58. The summed E-state index contributed by atoms with van der Waals surface area (Å²) in [5.41, 5.74) is 7.42. The van der Waals surface area contributed by atoms with Crippen LogP contribution in [0.3, 0.4) is 0 Å². The number of nitrogens with zero attached hydrogens (tertiary/aromatic N) is 3. The van der Waals surface area contributed by atoms with Gasteiger partial charge >= 0.3 is 0 Å². The molecule has 0 spiro atoms. The molecule has 0 saturated carbocycles. The Bertz CT molecular complexity index is 952. The minimum absolute atomic E-state index is 0.0562. The number of amides is 1. The lowest BCUT2D eigenvalue weighted by Gasteiger charge is -2.11. The molecule has 0 radical (unpaired) electrons. The summed E-state index contributed by atoms with van der Waals surface area (Å²) in [5, 5.41) is 15.1. The molecule has 2 N–H and O–H groups in total. The normalized spacial score (nSPS) is 13.4. The Morgan fingerprint density at radius 1 is 1.19 bits per heavy atom. The second kappa shape index (κ2) is 7.39. The van der Waals surface area contributed by atoms with Gasteiger partial charge in [0, 0.05) is 29.9 Å². The molecule has 2 aromatic heterocycles. The first-order valence-electron chi connectivity index (χ1n) is 9.59. The van der Waals surface area contributed by atoms with Gasteiger partial charge in [0.2, 0.25) is 0 Å². The number of H-pyrrole nitrogens is 1. The summed E-state index contributed by atoms with van der Waals surface area (Å²) < 4.78 is 1.89. The number of hydrogen-bond acceptors (Lipinski definition) is 3. The quantitative estimate of drug-likeness (QED) is 0.731. The zero-order valence-electron chi connectivity index (χ0n) is 15.9. The highest BCUT2D eigenvalue weighted by Gasteiger charge is 2.16. The highest BCUT2D eigenvalue weighted by atomic mass is 16.1. The van der Waals surface area contributed by atoms with Gasteiger partial charge in [-0.25, -0.2) is 4.68 Å². The van der Waals surface area contributed by atoms with Crippen LogP contribution in [0.4, 0.5) is 0 Å². The second-order valence-corrected chi connectivity index (χ2v) is 7.23. The van der Waals surface area contributed by atoms with Crippen LogP contribution >= 0.6 is 0 Å². The van der Waals surface area contributed by atoms with E-state index in [9.17, 15) is 4.79 Å². The summed E-state index contributed by atoms with van der Waals surface area (Å²) in [6.07, 6.45) is 5.42. The van der Waals surface area contributed by atoms with E-state index in [1.54, 1.807) is 0 Å². The molecule has 4 rings (SSSR count). The Kier molecular flexibility index (Phi) is 4.79. The summed E-state index contributed by atoms with van der Waals surface area (Å²) in [5.74, 6) is -0.0562. The number of hydrogen-bond donors (Lipinski definition) is 2. The van der Waals surface area contributed by atoms with Crippen LogP contribution in [0.2, 0.25) is 0 Å². The largest absolute Gasteiger partial charge is 0.352 e. The van der Waals surface area contributed by atoms with Gasteiger partial charge < -0.3 is 5.32 Å². The van der Waals surface area contributed by atoms with Crippen molar-refractivity contribution < 1.29 is 4.79 Å². The smallest absolute Gasteiger partial charge is 0.251 e. The maximum Gasteiger partial charge on any atom is 0.251 e. The molecule has 0 aliphatic heterocycles. The SMILES string of the molecule is Cc1cc(C)n(-c2ccc(C(=O)NCCc3n[nH]c4c3CCCC4)cc2)n1. The Labute approximate surface area is 159 Å². The zero-order chi connectivity index (χ0) is 18.8. The molecule has 0 bridgehead atoms. The first-order chi connectivity index (χ1) is 13.1. The summed E-state index contributed by atoms with van der Waals surface area (Å²) in [7, 11) is 0. The van der Waals surface area contributed by atoms with Crippen molar-refractivity contribution in [1.29, 1.82) is 0 Å². The highest BCUT2D eigenvalue weighted by Crippen LogP contribution is 2.22. The van der Waals surface area contributed by atoms with Gasteiger partial charge in [-0.2, -0.15) is 10.2 Å². The topological polar surface area (TPSA) is 75.6 Å². The fourth-order valence-corrected chi connectivity index (χ4v) is 3.80. The van der Waals surface area contributed by atoms with Gasteiger partial charge in [0.1, 0.15) is 0 Å². The molecule has 1 amide bonds. The third-order valence-electron chi connectivity index (χ3n) is 5.17. The molecule has 140 valence electrons. The standard InChI is InChI=1S/C21H25N5O/c1-14-13-15(2)26(25-14)17-9-7-16(8-10-17)21(27)22-12-11-20-18-5-3-4-6-19(18)23-24-20/h7-10,13H,3-6,11-12H2,1-2H3,(H,22,27)(H,23,24). The van der Waals surface area contributed by atoms with Crippen LogP contribution in [0.1, 0.15) is 51.5 Å². The molecule has 1 aliphatic rings. The third-order valence-corrected chi connectivity index (χ3v) is 5.17. The van der Waals surface area contributed by atoms with E-state index >= 15 is 0 Å². The third kappa shape index (κ3) is 3.65. The van der Waals surface area contributed by atoms with Gasteiger partial charge in [0.05, 0.1) is 17.1 Å². The number of benzene rings is 1. The van der Waals surface area contributed by atoms with Gasteiger partial charge in [-0.1, -0.05) is 0 Å². The molecule has 0 unspecified atom stereocenters. The summed E-state index contributed by atoms with van der Waals surface area (Å²) in [4.78, 5) is 12.4. The maximum atomic E-state index is 12.4. The number of aromatic amines is 1. The van der Waals surface area contributed by atoms with Crippen LogP contribution in [0.15, 0.2) is 30.3 Å². The number of aryl methyl sites for hydroxylation is 3. The molecule has 0 atom stereocenters. The molecule has 27 heavy (non-hydrogen) atoms. The first kappa shape index (κ1) is 17.5. The van der Waals surface area contributed by atoms with E-state index in [1.807, 2.05) is 48.9 Å². The van der Waals surface area contributed by atoms with Gasteiger partial charge in [0.25, 0.3) is 5.91 Å². The molecule has 1 aliphatic carbocycles. The minimum Gasteiger partial charge on any atom is -0.352 e.